The molecule has 0 radical (unpaired) electrons. The molecule has 0 aromatic rings. The monoisotopic (exact) mass is 584 g/mol. The van der Waals surface area contributed by atoms with Gasteiger partial charge in [-0.05, 0) is 117 Å². The van der Waals surface area contributed by atoms with Crippen LogP contribution in [0.25, 0.3) is 0 Å². The van der Waals surface area contributed by atoms with Gasteiger partial charge in [0, 0.05) is 0 Å². The van der Waals surface area contributed by atoms with Crippen LogP contribution in [0.15, 0.2) is 58.2 Å². The summed E-state index contributed by atoms with van der Waals surface area (Å²) in [7, 11) is -10.6. The molecular weight excluding hydrogens is 534 g/mol. The highest BCUT2D eigenvalue weighted by atomic mass is 31.3. The van der Waals surface area contributed by atoms with Crippen LogP contribution in [0.4, 0.5) is 0 Å². The third-order valence-electron chi connectivity index (χ3n) is 7.40. The van der Waals surface area contributed by atoms with E-state index in [2.05, 4.69) is 90.1 Å². The quantitative estimate of drug-likeness (QED) is 0.128. The molecule has 39 heavy (non-hydrogen) atoms. The van der Waals surface area contributed by atoms with Crippen LogP contribution < -0.4 is 9.79 Å². The first-order valence-corrected chi connectivity index (χ1v) is 16.9. The second-order valence-electron chi connectivity index (χ2n) is 11.8. The van der Waals surface area contributed by atoms with E-state index in [1.165, 1.54) is 27.9 Å². The van der Waals surface area contributed by atoms with E-state index in [0.717, 1.165) is 51.4 Å². The van der Waals surface area contributed by atoms with Gasteiger partial charge in [0.15, 0.2) is 0 Å². The first-order valence-electron chi connectivity index (χ1n) is 13.9. The third-order valence-corrected chi connectivity index (χ3v) is 9.49. The molecule has 1 saturated carbocycles. The Hall–Kier alpha value is -1.04. The summed E-state index contributed by atoms with van der Waals surface area (Å²) in [5, 5.41) is 0. The summed E-state index contributed by atoms with van der Waals surface area (Å²) < 4.78 is 31.4. The Morgan fingerprint density at radius 1 is 0.795 bits per heavy atom. The Labute approximate surface area is 237 Å². The molecule has 0 heterocycles. The molecule has 9 heteroatoms. The van der Waals surface area contributed by atoms with Crippen molar-refractivity contribution in [3.63, 3.8) is 0 Å². The molecule has 0 aliphatic heterocycles. The summed E-state index contributed by atoms with van der Waals surface area (Å²) in [5.41, 5.74) is 6.39. The molecule has 1 rings (SSSR count). The maximum absolute atomic E-state index is 11.9. The number of hydrogen-bond donors (Lipinski definition) is 1. The van der Waals surface area contributed by atoms with Gasteiger partial charge in [0.25, 0.3) is 15.6 Å². The predicted molar refractivity (Wildman–Crippen MR) is 157 cm³/mol. The molecule has 1 aliphatic rings. The van der Waals surface area contributed by atoms with Gasteiger partial charge in [-0.25, -0.2) is 4.31 Å². The standard InChI is InChI=1S/C30H52O7P2/c1-23(2)13-9-15-25(5)17-11-18-27(7)21-28-29(22-36-39(34,35)37-38(31,32)33)30(28,8)20-12-19-26(6)16-10-14-24(3)4/h13-14,17,19,21,28-29H,9-12,15-16,18,20,22H2,1-8H3,(H,34,35)(H2,31,32,33)/p-2/b25-17+,26-19+,27-21+/t28-,29-,30-/m0/s1. The maximum Gasteiger partial charge on any atom is 0.274 e. The Bertz CT molecular complexity index is 1040. The van der Waals surface area contributed by atoms with Gasteiger partial charge < -0.3 is 19.2 Å². The van der Waals surface area contributed by atoms with Crippen molar-refractivity contribution >= 4 is 15.6 Å². The van der Waals surface area contributed by atoms with Crippen LogP contribution in [0.2, 0.25) is 0 Å². The Kier molecular flexibility index (Phi) is 15.1. The highest BCUT2D eigenvalue weighted by Gasteiger charge is 2.59. The summed E-state index contributed by atoms with van der Waals surface area (Å²) in [6, 6.07) is 0. The molecule has 0 aromatic heterocycles. The fourth-order valence-electron chi connectivity index (χ4n) is 4.92. The van der Waals surface area contributed by atoms with Crippen molar-refractivity contribution in [1.29, 1.82) is 0 Å². The zero-order valence-corrected chi connectivity index (χ0v) is 27.0. The molecule has 0 spiro atoms. The third kappa shape index (κ3) is 15.5. The largest absolute Gasteiger partial charge is 0.756 e. The molecule has 7 nitrogen and oxygen atoms in total. The first kappa shape index (κ1) is 36.0. The number of hydrogen-bond acceptors (Lipinski definition) is 6. The summed E-state index contributed by atoms with van der Waals surface area (Å²) in [6.45, 7) is 16.7. The van der Waals surface area contributed by atoms with E-state index in [9.17, 15) is 18.9 Å². The highest BCUT2D eigenvalue weighted by molar-refractivity contribution is 7.59. The van der Waals surface area contributed by atoms with Gasteiger partial charge in [0.1, 0.15) is 0 Å². The maximum atomic E-state index is 11.9. The lowest BCUT2D eigenvalue weighted by molar-refractivity contribution is -0.241. The van der Waals surface area contributed by atoms with Crippen molar-refractivity contribution in [1.82, 2.24) is 0 Å². The van der Waals surface area contributed by atoms with Crippen LogP contribution in [-0.4, -0.2) is 11.5 Å². The fraction of sp³-hybridized carbons (Fsp3) is 0.667. The summed E-state index contributed by atoms with van der Waals surface area (Å²) >= 11 is 0. The second-order valence-corrected chi connectivity index (χ2v) is 14.5. The number of phosphoric ester groups is 1. The highest BCUT2D eigenvalue weighted by Crippen LogP contribution is 2.64. The van der Waals surface area contributed by atoms with E-state index in [4.69, 9.17) is 9.42 Å². The van der Waals surface area contributed by atoms with Crippen LogP contribution in [0, 0.1) is 17.3 Å². The number of rotatable bonds is 18. The van der Waals surface area contributed by atoms with Crippen LogP contribution in [0.3, 0.4) is 0 Å². The normalized spacial score (nSPS) is 25.1. The lowest BCUT2D eigenvalue weighted by atomic mass is 9.95. The Balaban J connectivity index is 2.85. The molecule has 0 amide bonds. The van der Waals surface area contributed by atoms with Gasteiger partial charge in [-0.2, -0.15) is 0 Å². The van der Waals surface area contributed by atoms with Crippen molar-refractivity contribution < 1.29 is 32.6 Å². The molecule has 0 saturated heterocycles. The number of phosphoric acid groups is 2. The Morgan fingerprint density at radius 2 is 1.26 bits per heavy atom. The predicted octanol–water partition coefficient (Wildman–Crippen LogP) is 8.09. The lowest BCUT2D eigenvalue weighted by Crippen LogP contribution is -2.13. The zero-order valence-electron chi connectivity index (χ0n) is 25.2. The van der Waals surface area contributed by atoms with E-state index in [1.54, 1.807) is 0 Å². The summed E-state index contributed by atoms with van der Waals surface area (Å²) in [5.74, 6) is -0.00316. The smallest absolute Gasteiger partial charge is 0.274 e. The summed E-state index contributed by atoms with van der Waals surface area (Å²) in [4.78, 5) is 31.5. The van der Waals surface area contributed by atoms with Crippen molar-refractivity contribution in [2.45, 2.75) is 107 Å². The van der Waals surface area contributed by atoms with E-state index >= 15 is 0 Å². The molecule has 0 aromatic carbocycles. The minimum Gasteiger partial charge on any atom is -0.756 e. The van der Waals surface area contributed by atoms with Gasteiger partial charge in [-0.3, -0.25) is 9.13 Å². The average Bonchev–Trinajstić information content (AvgIpc) is 3.31. The second kappa shape index (κ2) is 16.4. The summed E-state index contributed by atoms with van der Waals surface area (Å²) in [6.07, 6.45) is 18.9. The van der Waals surface area contributed by atoms with E-state index in [0.29, 0.717) is 0 Å². The van der Waals surface area contributed by atoms with Crippen molar-refractivity contribution in [3.8, 4) is 0 Å². The average molecular weight is 585 g/mol. The van der Waals surface area contributed by atoms with E-state index < -0.39 is 15.6 Å². The zero-order chi connectivity index (χ0) is 29.9. The Morgan fingerprint density at radius 3 is 1.74 bits per heavy atom. The van der Waals surface area contributed by atoms with E-state index in [1.807, 2.05) is 0 Å². The van der Waals surface area contributed by atoms with Crippen LogP contribution in [-0.2, 0) is 18.0 Å². The van der Waals surface area contributed by atoms with Crippen LogP contribution in [0.1, 0.15) is 107 Å². The van der Waals surface area contributed by atoms with Crippen molar-refractivity contribution in [2.75, 3.05) is 6.61 Å². The topological polar surface area (TPSA) is 119 Å². The molecule has 0 bridgehead atoms. The minimum atomic E-state index is -5.46. The molecule has 1 aliphatic carbocycles. The fourth-order valence-corrected chi connectivity index (χ4v) is 6.46. The molecule has 224 valence electrons. The van der Waals surface area contributed by atoms with Crippen LogP contribution in [0.5, 0.6) is 0 Å². The van der Waals surface area contributed by atoms with Gasteiger partial charge in [0.05, 0.1) is 6.61 Å². The molecular formula is C30H50O7P2-2. The van der Waals surface area contributed by atoms with Gasteiger partial charge in [-0.1, -0.05) is 65.2 Å². The molecule has 2 unspecified atom stereocenters. The SMILES string of the molecule is CC(C)=CCC/C(C)=C/CC/C(C)=C/[C@H]1[C@H](COP(=O)([O-])OP(=O)([O-])O)[C@@]1(C)CC/C=C(\C)CCC=C(C)C. The minimum absolute atomic E-state index is 0.104. The molecule has 1 fully saturated rings. The lowest BCUT2D eigenvalue weighted by Gasteiger charge is -2.27. The van der Waals surface area contributed by atoms with Gasteiger partial charge >= 0.3 is 0 Å². The van der Waals surface area contributed by atoms with Gasteiger partial charge in [-0.15, -0.1) is 0 Å². The van der Waals surface area contributed by atoms with Crippen molar-refractivity contribution in [2.24, 2.45) is 17.3 Å². The molecule has 1 N–H and O–H groups in total. The van der Waals surface area contributed by atoms with E-state index in [-0.39, 0.29) is 23.9 Å². The number of allylic oxidation sites excluding steroid dienone is 10. The molecule has 5 atom stereocenters. The first-order chi connectivity index (χ1) is 17.9. The van der Waals surface area contributed by atoms with Crippen molar-refractivity contribution in [3.05, 3.63) is 58.2 Å². The van der Waals surface area contributed by atoms with Crippen LogP contribution >= 0.6 is 15.6 Å². The van der Waals surface area contributed by atoms with Gasteiger partial charge in [0.2, 0.25) is 0 Å².